The Morgan fingerprint density at radius 2 is 1.50 bits per heavy atom. The second-order valence-corrected chi connectivity index (χ2v) is 30.9. The first-order chi connectivity index (χ1) is 10.8. The van der Waals surface area contributed by atoms with Crippen molar-refractivity contribution in [1.29, 1.82) is 0 Å². The van der Waals surface area contributed by atoms with Gasteiger partial charge in [0.15, 0.2) is 0 Å². The fourth-order valence-corrected chi connectivity index (χ4v) is 29.9. The molecule has 0 aromatic heterocycles. The Balaban J connectivity index is 1.97. The molecule has 2 aliphatic rings. The van der Waals surface area contributed by atoms with Crippen LogP contribution in [0, 0.1) is 0 Å². The van der Waals surface area contributed by atoms with E-state index in [1.165, 1.54) is 17.5 Å². The molecule has 0 spiro atoms. The van der Waals surface area contributed by atoms with Crippen LogP contribution in [0.1, 0.15) is 21.2 Å². The van der Waals surface area contributed by atoms with Crippen molar-refractivity contribution in [1.82, 2.24) is 0 Å². The van der Waals surface area contributed by atoms with Gasteiger partial charge in [-0.1, -0.05) is 0 Å². The molecular formula is C20H20HfSi. The molecule has 0 fully saturated rings. The molecule has 4 rings (SSSR count). The number of allylic oxidation sites excluding steroid dienone is 4. The first-order valence-corrected chi connectivity index (χ1v) is 19.7. The van der Waals surface area contributed by atoms with E-state index < -0.39 is 20.1 Å². The van der Waals surface area contributed by atoms with E-state index in [9.17, 15) is 0 Å². The molecule has 108 valence electrons. The van der Waals surface area contributed by atoms with Crippen LogP contribution in [-0.4, -0.2) is 5.49 Å². The predicted octanol–water partition coefficient (Wildman–Crippen LogP) is 5.47. The summed E-state index contributed by atoms with van der Waals surface area (Å²) in [5, 5.41) is 0. The SMILES string of the molecule is C[Si](C)=[Hf]([C]1=CC=CC1)[CH]1c2ccccc2-c2ccccc21. The topological polar surface area (TPSA) is 0 Å². The van der Waals surface area contributed by atoms with Gasteiger partial charge in [-0.25, -0.2) is 0 Å². The second kappa shape index (κ2) is 5.90. The zero-order chi connectivity index (χ0) is 15.1. The second-order valence-electron chi connectivity index (χ2n) is 6.35. The Hall–Kier alpha value is -0.993. The number of fused-ring (bicyclic) bond motifs is 3. The van der Waals surface area contributed by atoms with Gasteiger partial charge in [-0.2, -0.15) is 0 Å². The Morgan fingerprint density at radius 1 is 0.909 bits per heavy atom. The van der Waals surface area contributed by atoms with Crippen molar-refractivity contribution < 1.29 is 20.1 Å². The molecule has 2 heteroatoms. The van der Waals surface area contributed by atoms with Gasteiger partial charge in [0.25, 0.3) is 0 Å². The molecule has 0 saturated carbocycles. The van der Waals surface area contributed by atoms with Crippen LogP contribution >= 0.6 is 0 Å². The molecule has 2 aromatic carbocycles. The van der Waals surface area contributed by atoms with Gasteiger partial charge in [-0.05, 0) is 0 Å². The van der Waals surface area contributed by atoms with Crippen molar-refractivity contribution in [3.63, 3.8) is 0 Å². The van der Waals surface area contributed by atoms with E-state index in [1.54, 1.807) is 11.1 Å². The van der Waals surface area contributed by atoms with Crippen LogP contribution in [0.3, 0.4) is 0 Å². The van der Waals surface area contributed by atoms with E-state index in [4.69, 9.17) is 0 Å². The summed E-state index contributed by atoms with van der Waals surface area (Å²) >= 11 is -1.88. The van der Waals surface area contributed by atoms with Crippen LogP contribution < -0.4 is 0 Å². The summed E-state index contributed by atoms with van der Waals surface area (Å²) in [4.78, 5) is 0. The summed E-state index contributed by atoms with van der Waals surface area (Å²) in [6, 6.07) is 18.3. The molecule has 0 saturated heterocycles. The van der Waals surface area contributed by atoms with Crippen molar-refractivity contribution >= 4 is 5.49 Å². The van der Waals surface area contributed by atoms with Crippen molar-refractivity contribution in [3.8, 4) is 11.1 Å². The summed E-state index contributed by atoms with van der Waals surface area (Å²) in [6.07, 6.45) is 8.34. The standard InChI is InChI=1S/C13H9.C5H5.C2H6Si.Hf/c1-3-7-12-10(5-1)9-11-6-2-4-8-13(11)12;1-2-4-5-3-1;1-3-2;/h1-9H;1-3H,4H2;1-2H3;. The summed E-state index contributed by atoms with van der Waals surface area (Å²) in [5.41, 5.74) is 6.04. The van der Waals surface area contributed by atoms with Gasteiger partial charge in [0.2, 0.25) is 0 Å². The van der Waals surface area contributed by atoms with E-state index in [2.05, 4.69) is 79.9 Å². The van der Waals surface area contributed by atoms with E-state index in [0.717, 1.165) is 3.67 Å². The predicted molar refractivity (Wildman–Crippen MR) is 93.0 cm³/mol. The molecule has 0 radical (unpaired) electrons. The molecule has 0 N–H and O–H groups in total. The van der Waals surface area contributed by atoms with Gasteiger partial charge in [-0.3, -0.25) is 0 Å². The van der Waals surface area contributed by atoms with Crippen molar-refractivity contribution in [2.75, 3.05) is 0 Å². The molecular weight excluding hydrogens is 447 g/mol. The normalized spacial score (nSPS) is 15.5. The first-order valence-electron chi connectivity index (χ1n) is 7.99. The number of benzene rings is 2. The summed E-state index contributed by atoms with van der Waals surface area (Å²) in [6.45, 7) is 5.13. The third-order valence-electron chi connectivity index (χ3n) is 4.78. The molecule has 0 unspecified atom stereocenters. The van der Waals surface area contributed by atoms with Crippen LogP contribution in [0.4, 0.5) is 0 Å². The van der Waals surface area contributed by atoms with Gasteiger partial charge < -0.3 is 0 Å². The average Bonchev–Trinajstić information content (AvgIpc) is 3.16. The first kappa shape index (κ1) is 14.6. The van der Waals surface area contributed by atoms with Crippen LogP contribution in [0.2, 0.25) is 13.1 Å². The van der Waals surface area contributed by atoms with Gasteiger partial charge in [-0.15, -0.1) is 0 Å². The van der Waals surface area contributed by atoms with Crippen LogP contribution in [-0.2, 0) is 20.1 Å². The quantitative estimate of drug-likeness (QED) is 0.515. The minimum absolute atomic E-state index is 0.217. The average molecular weight is 467 g/mol. The Labute approximate surface area is 140 Å². The van der Waals surface area contributed by atoms with E-state index >= 15 is 0 Å². The van der Waals surface area contributed by atoms with Crippen LogP contribution in [0.15, 0.2) is 70.1 Å². The Bertz CT molecular complexity index is 793. The summed E-state index contributed by atoms with van der Waals surface area (Å²) in [7, 11) is 0. The van der Waals surface area contributed by atoms with Gasteiger partial charge in [0.05, 0.1) is 0 Å². The van der Waals surface area contributed by atoms with E-state index in [1.807, 2.05) is 3.33 Å². The van der Waals surface area contributed by atoms with Gasteiger partial charge >= 0.3 is 141 Å². The number of rotatable bonds is 2. The molecule has 0 atom stereocenters. The van der Waals surface area contributed by atoms with Gasteiger partial charge in [0, 0.05) is 0 Å². The minimum atomic E-state index is -1.88. The molecule has 2 aromatic rings. The maximum atomic E-state index is 2.56. The fourth-order valence-electron chi connectivity index (χ4n) is 3.91. The number of hydrogen-bond donors (Lipinski definition) is 0. The summed E-state index contributed by atoms with van der Waals surface area (Å²) in [5.74, 6) is 0. The zero-order valence-corrected chi connectivity index (χ0v) is 17.7. The molecule has 0 amide bonds. The molecule has 22 heavy (non-hydrogen) atoms. The van der Waals surface area contributed by atoms with Crippen molar-refractivity contribution in [2.45, 2.75) is 23.2 Å². The zero-order valence-electron chi connectivity index (χ0n) is 13.1. The Kier molecular flexibility index (Phi) is 3.91. The maximum absolute atomic E-state index is 2.56. The molecule has 0 bridgehead atoms. The molecule has 0 heterocycles. The van der Waals surface area contributed by atoms with Gasteiger partial charge in [0.1, 0.15) is 0 Å². The van der Waals surface area contributed by atoms with Crippen molar-refractivity contribution in [3.05, 3.63) is 81.2 Å². The molecule has 2 aliphatic carbocycles. The monoisotopic (exact) mass is 468 g/mol. The third kappa shape index (κ3) is 2.28. The Morgan fingerprint density at radius 3 is 2.00 bits per heavy atom. The van der Waals surface area contributed by atoms with E-state index in [-0.39, 0.29) is 5.49 Å². The third-order valence-corrected chi connectivity index (χ3v) is 30.6. The number of hydrogen-bond acceptors (Lipinski definition) is 0. The molecule has 0 nitrogen and oxygen atoms in total. The van der Waals surface area contributed by atoms with Crippen LogP contribution in [0.5, 0.6) is 0 Å². The summed E-state index contributed by atoms with van der Waals surface area (Å²) < 4.78 is 2.60. The van der Waals surface area contributed by atoms with Crippen molar-refractivity contribution in [2.24, 2.45) is 0 Å². The van der Waals surface area contributed by atoms with Crippen LogP contribution in [0.25, 0.3) is 11.1 Å². The molecule has 0 aliphatic heterocycles. The van der Waals surface area contributed by atoms with E-state index in [0.29, 0.717) is 0 Å². The fraction of sp³-hybridized carbons (Fsp3) is 0.200.